The van der Waals surface area contributed by atoms with Gasteiger partial charge in [-0.05, 0) is 29.7 Å². The molecule has 0 fully saturated rings. The van der Waals surface area contributed by atoms with Gasteiger partial charge in [-0.1, -0.05) is 20.8 Å². The Hall–Kier alpha value is -2.07. The van der Waals surface area contributed by atoms with Gasteiger partial charge in [0.15, 0.2) is 6.61 Å². The average Bonchev–Trinajstić information content (AvgIpc) is 2.33. The summed E-state index contributed by atoms with van der Waals surface area (Å²) in [6.45, 7) is 4.90. The fourth-order valence-electron chi connectivity index (χ4n) is 1.58. The molecule has 1 amide bonds. The summed E-state index contributed by atoms with van der Waals surface area (Å²) in [5.41, 5.74) is 0.0275. The zero-order chi connectivity index (χ0) is 16.1. The van der Waals surface area contributed by atoms with Crippen LogP contribution in [-0.2, 0) is 14.8 Å². The van der Waals surface area contributed by atoms with Crippen LogP contribution in [0.15, 0.2) is 24.3 Å². The topological polar surface area (TPSA) is 96.3 Å². The van der Waals surface area contributed by atoms with Crippen molar-refractivity contribution < 1.29 is 17.9 Å². The van der Waals surface area contributed by atoms with Crippen LogP contribution in [0, 0.1) is 16.7 Å². The first-order valence-electron chi connectivity index (χ1n) is 6.28. The molecule has 0 radical (unpaired) electrons. The number of hydrogen-bond acceptors (Lipinski definition) is 5. The predicted octanol–water partition coefficient (Wildman–Crippen LogP) is 1.43. The molecule has 21 heavy (non-hydrogen) atoms. The Labute approximate surface area is 124 Å². The van der Waals surface area contributed by atoms with E-state index in [0.717, 1.165) is 0 Å². The van der Waals surface area contributed by atoms with Crippen LogP contribution in [0.2, 0.25) is 0 Å². The first-order valence-corrected chi connectivity index (χ1v) is 7.93. The number of nitriles is 1. The van der Waals surface area contributed by atoms with E-state index in [1.54, 1.807) is 32.9 Å². The standard InChI is InChI=1S/C14H18N2O4S/c1-14(2,3)10-21(18,19)16-13(17)9-20-12-6-4-11(8-15)5-7-12/h4-7H,9-10H2,1-3H3,(H,16,17). The SMILES string of the molecule is CC(C)(C)CS(=O)(=O)NC(=O)COc1ccc(C#N)cc1. The maximum Gasteiger partial charge on any atom is 0.271 e. The zero-order valence-corrected chi connectivity index (χ0v) is 13.0. The third-order valence-corrected chi connectivity index (χ3v) is 4.03. The summed E-state index contributed by atoms with van der Waals surface area (Å²) in [7, 11) is -3.68. The largest absolute Gasteiger partial charge is 0.484 e. The Morgan fingerprint density at radius 3 is 2.33 bits per heavy atom. The summed E-state index contributed by atoms with van der Waals surface area (Å²) >= 11 is 0. The number of sulfonamides is 1. The molecule has 0 unspecified atom stereocenters. The Kier molecular flexibility index (Phi) is 5.33. The normalized spacial score (nSPS) is 11.5. The lowest BCUT2D eigenvalue weighted by Gasteiger charge is -2.18. The molecule has 1 N–H and O–H groups in total. The van der Waals surface area contributed by atoms with Crippen molar-refractivity contribution in [2.75, 3.05) is 12.4 Å². The molecule has 7 heteroatoms. The summed E-state index contributed by atoms with van der Waals surface area (Å²) in [6.07, 6.45) is 0. The van der Waals surface area contributed by atoms with Gasteiger partial charge in [0.05, 0.1) is 17.4 Å². The minimum absolute atomic E-state index is 0.150. The molecule has 0 spiro atoms. The Balaban J connectivity index is 2.52. The number of rotatable bonds is 5. The number of ether oxygens (including phenoxy) is 1. The van der Waals surface area contributed by atoms with E-state index in [9.17, 15) is 13.2 Å². The van der Waals surface area contributed by atoms with Crippen LogP contribution in [0.4, 0.5) is 0 Å². The summed E-state index contributed by atoms with van der Waals surface area (Å²) < 4.78 is 30.6. The lowest BCUT2D eigenvalue weighted by Crippen LogP contribution is -2.38. The molecule has 114 valence electrons. The summed E-state index contributed by atoms with van der Waals surface area (Å²) in [5.74, 6) is -0.497. The van der Waals surface area contributed by atoms with Crippen LogP contribution in [0.3, 0.4) is 0 Å². The fraction of sp³-hybridized carbons (Fsp3) is 0.429. The van der Waals surface area contributed by atoms with Crippen LogP contribution >= 0.6 is 0 Å². The molecule has 0 aromatic heterocycles. The minimum Gasteiger partial charge on any atom is -0.484 e. The van der Waals surface area contributed by atoms with Crippen molar-refractivity contribution in [2.24, 2.45) is 5.41 Å². The summed E-state index contributed by atoms with van der Waals surface area (Å²) in [5, 5.41) is 8.65. The van der Waals surface area contributed by atoms with E-state index < -0.39 is 28.0 Å². The second kappa shape index (κ2) is 6.59. The van der Waals surface area contributed by atoms with E-state index in [0.29, 0.717) is 11.3 Å². The van der Waals surface area contributed by atoms with Crippen molar-refractivity contribution in [2.45, 2.75) is 20.8 Å². The van der Waals surface area contributed by atoms with Crippen molar-refractivity contribution in [1.82, 2.24) is 4.72 Å². The second-order valence-corrected chi connectivity index (χ2v) is 7.49. The molecule has 0 atom stereocenters. The lowest BCUT2D eigenvalue weighted by atomic mass is 10.0. The van der Waals surface area contributed by atoms with Crippen LogP contribution in [0.25, 0.3) is 0 Å². The zero-order valence-electron chi connectivity index (χ0n) is 12.2. The molecule has 0 aliphatic rings. The number of nitrogens with zero attached hydrogens (tertiary/aromatic N) is 1. The molecule has 1 rings (SSSR count). The third-order valence-electron chi connectivity index (χ3n) is 2.25. The molecule has 0 saturated heterocycles. The van der Waals surface area contributed by atoms with Crippen LogP contribution in [-0.4, -0.2) is 26.7 Å². The van der Waals surface area contributed by atoms with Crippen molar-refractivity contribution in [3.63, 3.8) is 0 Å². The number of carbonyl (C=O) groups is 1. The highest BCUT2D eigenvalue weighted by molar-refractivity contribution is 7.90. The fourth-order valence-corrected chi connectivity index (χ4v) is 3.20. The Morgan fingerprint density at radius 1 is 1.29 bits per heavy atom. The van der Waals surface area contributed by atoms with Crippen molar-refractivity contribution in [3.8, 4) is 11.8 Å². The highest BCUT2D eigenvalue weighted by Gasteiger charge is 2.23. The molecular weight excluding hydrogens is 292 g/mol. The van der Waals surface area contributed by atoms with Crippen LogP contribution < -0.4 is 9.46 Å². The van der Waals surface area contributed by atoms with Crippen molar-refractivity contribution in [3.05, 3.63) is 29.8 Å². The van der Waals surface area contributed by atoms with E-state index in [2.05, 4.69) is 0 Å². The molecule has 0 heterocycles. The average molecular weight is 310 g/mol. The van der Waals surface area contributed by atoms with Gasteiger partial charge in [0.25, 0.3) is 5.91 Å². The molecule has 0 saturated carbocycles. The van der Waals surface area contributed by atoms with Gasteiger partial charge < -0.3 is 4.74 Å². The first kappa shape index (κ1) is 17.0. The molecule has 6 nitrogen and oxygen atoms in total. The maximum absolute atomic E-state index is 11.7. The van der Waals surface area contributed by atoms with E-state index in [1.165, 1.54) is 12.1 Å². The molecule has 1 aromatic rings. The van der Waals surface area contributed by atoms with Crippen molar-refractivity contribution in [1.29, 1.82) is 5.26 Å². The quantitative estimate of drug-likeness (QED) is 0.887. The summed E-state index contributed by atoms with van der Waals surface area (Å²) in [6, 6.07) is 8.12. The number of benzene rings is 1. The Bertz CT molecular complexity index is 637. The van der Waals surface area contributed by atoms with Gasteiger partial charge in [-0.2, -0.15) is 5.26 Å². The van der Waals surface area contributed by atoms with E-state index in [1.807, 2.05) is 10.8 Å². The number of carbonyl (C=O) groups excluding carboxylic acids is 1. The second-order valence-electron chi connectivity index (χ2n) is 5.77. The van der Waals surface area contributed by atoms with Gasteiger partial charge in [-0.25, -0.2) is 8.42 Å². The lowest BCUT2D eigenvalue weighted by molar-refractivity contribution is -0.121. The number of hydrogen-bond donors (Lipinski definition) is 1. The van der Waals surface area contributed by atoms with E-state index in [-0.39, 0.29) is 5.75 Å². The van der Waals surface area contributed by atoms with E-state index >= 15 is 0 Å². The minimum atomic E-state index is -3.68. The smallest absolute Gasteiger partial charge is 0.271 e. The van der Waals surface area contributed by atoms with Gasteiger partial charge in [-0.15, -0.1) is 0 Å². The van der Waals surface area contributed by atoms with Gasteiger partial charge >= 0.3 is 0 Å². The molecule has 1 aromatic carbocycles. The highest BCUT2D eigenvalue weighted by atomic mass is 32.2. The first-order chi connectivity index (χ1) is 9.61. The third kappa shape index (κ3) is 6.77. The summed E-state index contributed by atoms with van der Waals surface area (Å²) in [4.78, 5) is 11.6. The number of amides is 1. The highest BCUT2D eigenvalue weighted by Crippen LogP contribution is 2.15. The molecule has 0 aliphatic heterocycles. The van der Waals surface area contributed by atoms with Gasteiger partial charge in [0, 0.05) is 0 Å². The van der Waals surface area contributed by atoms with Gasteiger partial charge in [-0.3, -0.25) is 9.52 Å². The van der Waals surface area contributed by atoms with Gasteiger partial charge in [0.1, 0.15) is 5.75 Å². The molecular formula is C14H18N2O4S. The maximum atomic E-state index is 11.7. The van der Waals surface area contributed by atoms with Crippen LogP contribution in [0.1, 0.15) is 26.3 Å². The predicted molar refractivity (Wildman–Crippen MR) is 78.0 cm³/mol. The van der Waals surface area contributed by atoms with Crippen molar-refractivity contribution >= 4 is 15.9 Å². The van der Waals surface area contributed by atoms with Crippen LogP contribution in [0.5, 0.6) is 5.75 Å². The number of nitrogens with one attached hydrogen (secondary N) is 1. The van der Waals surface area contributed by atoms with Gasteiger partial charge in [0.2, 0.25) is 10.0 Å². The molecule has 0 bridgehead atoms. The monoisotopic (exact) mass is 310 g/mol. The van der Waals surface area contributed by atoms with E-state index in [4.69, 9.17) is 10.00 Å². The molecule has 0 aliphatic carbocycles. The Morgan fingerprint density at radius 2 is 1.86 bits per heavy atom.